The molecule has 1 N–H and O–H groups in total. The van der Waals surface area contributed by atoms with Crippen LogP contribution in [0.15, 0.2) is 22.7 Å². The molecule has 1 unspecified atom stereocenters. The normalized spacial score (nSPS) is 13.1. The summed E-state index contributed by atoms with van der Waals surface area (Å²) >= 11 is 3.40. The van der Waals surface area contributed by atoms with Gasteiger partial charge in [0.05, 0.1) is 0 Å². The van der Waals surface area contributed by atoms with Crippen LogP contribution in [0.1, 0.15) is 25.8 Å². The maximum Gasteiger partial charge on any atom is 0.124 e. The lowest BCUT2D eigenvalue weighted by Crippen LogP contribution is -2.29. The van der Waals surface area contributed by atoms with Gasteiger partial charge in [0.1, 0.15) is 5.82 Å². The molecule has 0 saturated heterocycles. The van der Waals surface area contributed by atoms with Gasteiger partial charge in [0.2, 0.25) is 0 Å². The predicted molar refractivity (Wildman–Crippen MR) is 70.1 cm³/mol. The molecular formula is C13H19BrFN. The van der Waals surface area contributed by atoms with Crippen LogP contribution in [0.2, 0.25) is 0 Å². The van der Waals surface area contributed by atoms with E-state index >= 15 is 0 Å². The van der Waals surface area contributed by atoms with Crippen molar-refractivity contribution in [3.8, 4) is 0 Å². The van der Waals surface area contributed by atoms with Crippen molar-refractivity contribution in [1.82, 2.24) is 5.32 Å². The summed E-state index contributed by atoms with van der Waals surface area (Å²) in [5, 5.41) is 3.31. The smallest absolute Gasteiger partial charge is 0.124 e. The van der Waals surface area contributed by atoms with E-state index < -0.39 is 0 Å². The Morgan fingerprint density at radius 3 is 2.56 bits per heavy atom. The van der Waals surface area contributed by atoms with E-state index in [-0.39, 0.29) is 5.82 Å². The van der Waals surface area contributed by atoms with Crippen LogP contribution in [0.25, 0.3) is 0 Å². The zero-order valence-electron chi connectivity index (χ0n) is 10.1. The van der Waals surface area contributed by atoms with Gasteiger partial charge in [0.25, 0.3) is 0 Å². The van der Waals surface area contributed by atoms with Crippen molar-refractivity contribution in [2.75, 3.05) is 7.05 Å². The van der Waals surface area contributed by atoms with Crippen LogP contribution in [0.5, 0.6) is 0 Å². The Hall–Kier alpha value is -0.410. The maximum atomic E-state index is 12.9. The highest BCUT2D eigenvalue weighted by Gasteiger charge is 2.11. The highest BCUT2D eigenvalue weighted by Crippen LogP contribution is 2.21. The van der Waals surface area contributed by atoms with Crippen LogP contribution in [0.4, 0.5) is 4.39 Å². The lowest BCUT2D eigenvalue weighted by atomic mass is 9.97. The van der Waals surface area contributed by atoms with Crippen LogP contribution < -0.4 is 5.32 Å². The number of halogens is 2. The fourth-order valence-electron chi connectivity index (χ4n) is 1.82. The largest absolute Gasteiger partial charge is 0.317 e. The molecule has 0 saturated carbocycles. The Kier molecular flexibility index (Phi) is 5.42. The molecule has 0 spiro atoms. The van der Waals surface area contributed by atoms with Gasteiger partial charge < -0.3 is 5.32 Å². The molecule has 16 heavy (non-hydrogen) atoms. The third-order valence-electron chi connectivity index (χ3n) is 2.65. The summed E-state index contributed by atoms with van der Waals surface area (Å²) < 4.78 is 13.8. The molecule has 1 aromatic rings. The second kappa shape index (κ2) is 6.36. The van der Waals surface area contributed by atoms with Crippen molar-refractivity contribution in [3.05, 3.63) is 34.1 Å². The second-order valence-electron chi connectivity index (χ2n) is 4.56. The Bertz CT molecular complexity index is 339. The standard InChI is InChI=1S/C13H19BrFN/c1-9(2)6-12(16-3)7-10-4-5-11(15)8-13(10)14/h4-5,8-9,12,16H,6-7H2,1-3H3. The molecule has 1 aromatic carbocycles. The summed E-state index contributed by atoms with van der Waals surface area (Å²) in [6, 6.07) is 5.34. The molecule has 1 nitrogen and oxygen atoms in total. The summed E-state index contributed by atoms with van der Waals surface area (Å²) in [6.07, 6.45) is 2.05. The molecule has 0 heterocycles. The minimum Gasteiger partial charge on any atom is -0.317 e. The fourth-order valence-corrected chi connectivity index (χ4v) is 2.34. The quantitative estimate of drug-likeness (QED) is 0.869. The predicted octanol–water partition coefficient (Wildman–Crippen LogP) is 3.76. The minimum atomic E-state index is -0.194. The Labute approximate surface area is 106 Å². The van der Waals surface area contributed by atoms with Crippen LogP contribution in [-0.2, 0) is 6.42 Å². The molecular weight excluding hydrogens is 269 g/mol. The van der Waals surface area contributed by atoms with Crippen molar-refractivity contribution >= 4 is 15.9 Å². The van der Waals surface area contributed by atoms with Gasteiger partial charge in [-0.15, -0.1) is 0 Å². The average Bonchev–Trinajstić information content (AvgIpc) is 2.20. The monoisotopic (exact) mass is 287 g/mol. The summed E-state index contributed by atoms with van der Waals surface area (Å²) in [5.74, 6) is 0.470. The zero-order chi connectivity index (χ0) is 12.1. The summed E-state index contributed by atoms with van der Waals surface area (Å²) in [4.78, 5) is 0. The number of nitrogens with one attached hydrogen (secondary N) is 1. The first kappa shape index (κ1) is 13.7. The minimum absolute atomic E-state index is 0.194. The van der Waals surface area contributed by atoms with Gasteiger partial charge in [-0.2, -0.15) is 0 Å². The number of rotatable bonds is 5. The third kappa shape index (κ3) is 4.22. The van der Waals surface area contributed by atoms with Gasteiger partial charge in [0.15, 0.2) is 0 Å². The van der Waals surface area contributed by atoms with Crippen LogP contribution >= 0.6 is 15.9 Å². The number of hydrogen-bond donors (Lipinski definition) is 1. The van der Waals surface area contributed by atoms with Crippen LogP contribution in [0.3, 0.4) is 0 Å². The summed E-state index contributed by atoms with van der Waals surface area (Å²) in [6.45, 7) is 4.42. The number of likely N-dealkylation sites (N-methyl/N-ethyl adjacent to an activating group) is 1. The molecule has 0 aliphatic heterocycles. The van der Waals surface area contributed by atoms with Crippen molar-refractivity contribution in [2.24, 2.45) is 5.92 Å². The highest BCUT2D eigenvalue weighted by molar-refractivity contribution is 9.10. The SMILES string of the molecule is CNC(Cc1ccc(F)cc1Br)CC(C)C. The fraction of sp³-hybridized carbons (Fsp3) is 0.538. The molecule has 0 aliphatic rings. The Morgan fingerprint density at radius 1 is 1.38 bits per heavy atom. The maximum absolute atomic E-state index is 12.9. The second-order valence-corrected chi connectivity index (χ2v) is 5.41. The van der Waals surface area contributed by atoms with E-state index in [4.69, 9.17) is 0 Å². The first-order chi connectivity index (χ1) is 7.52. The van der Waals surface area contributed by atoms with Gasteiger partial charge in [-0.25, -0.2) is 4.39 Å². The topological polar surface area (TPSA) is 12.0 Å². The first-order valence-electron chi connectivity index (χ1n) is 5.64. The molecule has 0 amide bonds. The summed E-state index contributed by atoms with van der Waals surface area (Å²) in [7, 11) is 1.98. The highest BCUT2D eigenvalue weighted by atomic mass is 79.9. The van der Waals surface area contributed by atoms with E-state index in [0.29, 0.717) is 12.0 Å². The van der Waals surface area contributed by atoms with Gasteiger partial charge in [-0.05, 0) is 43.5 Å². The zero-order valence-corrected chi connectivity index (χ0v) is 11.6. The van der Waals surface area contributed by atoms with Gasteiger partial charge in [-0.1, -0.05) is 35.8 Å². The van der Waals surface area contributed by atoms with Gasteiger partial charge in [-0.3, -0.25) is 0 Å². The first-order valence-corrected chi connectivity index (χ1v) is 6.43. The Balaban J connectivity index is 2.70. The molecule has 3 heteroatoms. The molecule has 0 radical (unpaired) electrons. The van der Waals surface area contributed by atoms with Crippen molar-refractivity contribution in [2.45, 2.75) is 32.7 Å². The molecule has 0 fully saturated rings. The lowest BCUT2D eigenvalue weighted by Gasteiger charge is -2.19. The third-order valence-corrected chi connectivity index (χ3v) is 3.38. The van der Waals surface area contributed by atoms with E-state index in [1.54, 1.807) is 0 Å². The van der Waals surface area contributed by atoms with Gasteiger partial charge >= 0.3 is 0 Å². The van der Waals surface area contributed by atoms with Crippen molar-refractivity contribution in [3.63, 3.8) is 0 Å². The van der Waals surface area contributed by atoms with E-state index in [1.807, 2.05) is 13.1 Å². The van der Waals surface area contributed by atoms with E-state index in [9.17, 15) is 4.39 Å². The molecule has 0 aromatic heterocycles. The van der Waals surface area contributed by atoms with Crippen LogP contribution in [-0.4, -0.2) is 13.1 Å². The number of hydrogen-bond acceptors (Lipinski definition) is 1. The number of benzene rings is 1. The van der Waals surface area contributed by atoms with Crippen LogP contribution in [0, 0.1) is 11.7 Å². The van der Waals surface area contributed by atoms with E-state index in [0.717, 1.165) is 22.9 Å². The molecule has 1 atom stereocenters. The van der Waals surface area contributed by atoms with Crippen molar-refractivity contribution in [1.29, 1.82) is 0 Å². The van der Waals surface area contributed by atoms with Gasteiger partial charge in [0, 0.05) is 10.5 Å². The molecule has 90 valence electrons. The van der Waals surface area contributed by atoms with E-state index in [1.165, 1.54) is 12.1 Å². The Morgan fingerprint density at radius 2 is 2.06 bits per heavy atom. The van der Waals surface area contributed by atoms with E-state index in [2.05, 4.69) is 35.1 Å². The molecule has 0 bridgehead atoms. The molecule has 1 rings (SSSR count). The molecule has 0 aliphatic carbocycles. The average molecular weight is 288 g/mol. The van der Waals surface area contributed by atoms with Crippen molar-refractivity contribution < 1.29 is 4.39 Å². The lowest BCUT2D eigenvalue weighted by molar-refractivity contribution is 0.440. The summed E-state index contributed by atoms with van der Waals surface area (Å²) in [5.41, 5.74) is 1.15.